The normalized spacial score (nSPS) is 13.2. The highest BCUT2D eigenvalue weighted by molar-refractivity contribution is 4.92. The molecule has 0 aromatic carbocycles. The largest absolute Gasteiger partial charge is 0.382 e. The molecule has 1 aromatic rings. The van der Waals surface area contributed by atoms with Crippen LogP contribution >= 0.6 is 0 Å². The first-order valence-corrected chi connectivity index (χ1v) is 6.28. The lowest BCUT2D eigenvalue weighted by Crippen LogP contribution is -2.13. The SMILES string of the molecule is COCCOCCc1noc([C@H](N)CC(C)C)n1. The minimum atomic E-state index is -0.180. The van der Waals surface area contributed by atoms with Crippen molar-refractivity contribution in [2.24, 2.45) is 11.7 Å². The molecular weight excluding hydrogens is 234 g/mol. The van der Waals surface area contributed by atoms with Crippen molar-refractivity contribution in [1.82, 2.24) is 10.1 Å². The van der Waals surface area contributed by atoms with E-state index in [0.29, 0.717) is 43.9 Å². The van der Waals surface area contributed by atoms with E-state index < -0.39 is 0 Å². The van der Waals surface area contributed by atoms with E-state index in [1.807, 2.05) is 0 Å². The Kier molecular flexibility index (Phi) is 6.85. The van der Waals surface area contributed by atoms with Crippen LogP contribution in [-0.4, -0.2) is 37.1 Å². The average molecular weight is 257 g/mol. The Morgan fingerprint density at radius 2 is 2.06 bits per heavy atom. The number of methoxy groups -OCH3 is 1. The molecule has 0 radical (unpaired) electrons. The number of hydrogen-bond acceptors (Lipinski definition) is 6. The van der Waals surface area contributed by atoms with Crippen molar-refractivity contribution in [3.8, 4) is 0 Å². The van der Waals surface area contributed by atoms with Crippen LogP contribution in [0.4, 0.5) is 0 Å². The van der Waals surface area contributed by atoms with E-state index in [9.17, 15) is 0 Å². The van der Waals surface area contributed by atoms with Gasteiger partial charge in [0.2, 0.25) is 5.89 Å². The van der Waals surface area contributed by atoms with E-state index in [4.69, 9.17) is 19.7 Å². The van der Waals surface area contributed by atoms with Crippen LogP contribution in [0.15, 0.2) is 4.52 Å². The Bertz CT molecular complexity index is 328. The summed E-state index contributed by atoms with van der Waals surface area (Å²) in [5, 5.41) is 3.88. The smallest absolute Gasteiger partial charge is 0.243 e. The van der Waals surface area contributed by atoms with Gasteiger partial charge >= 0.3 is 0 Å². The molecule has 0 amide bonds. The fourth-order valence-corrected chi connectivity index (χ4v) is 1.54. The van der Waals surface area contributed by atoms with E-state index in [0.717, 1.165) is 6.42 Å². The maximum atomic E-state index is 5.96. The van der Waals surface area contributed by atoms with Crippen LogP contribution in [-0.2, 0) is 15.9 Å². The lowest BCUT2D eigenvalue weighted by Gasteiger charge is -2.08. The van der Waals surface area contributed by atoms with Gasteiger partial charge in [-0.1, -0.05) is 19.0 Å². The highest BCUT2D eigenvalue weighted by Crippen LogP contribution is 2.16. The van der Waals surface area contributed by atoms with Gasteiger partial charge in [0.25, 0.3) is 0 Å². The van der Waals surface area contributed by atoms with E-state index in [2.05, 4.69) is 24.0 Å². The van der Waals surface area contributed by atoms with Gasteiger partial charge in [0.15, 0.2) is 5.82 Å². The van der Waals surface area contributed by atoms with Gasteiger partial charge in [-0.15, -0.1) is 0 Å². The molecular formula is C12H23N3O3. The quantitative estimate of drug-likeness (QED) is 0.672. The zero-order valence-electron chi connectivity index (χ0n) is 11.4. The summed E-state index contributed by atoms with van der Waals surface area (Å²) in [6.45, 7) is 5.95. The highest BCUT2D eigenvalue weighted by Gasteiger charge is 2.15. The molecule has 1 heterocycles. The maximum Gasteiger partial charge on any atom is 0.243 e. The molecule has 0 unspecified atom stereocenters. The number of rotatable bonds is 9. The van der Waals surface area contributed by atoms with Gasteiger partial charge in [0.1, 0.15) is 0 Å². The van der Waals surface area contributed by atoms with Gasteiger partial charge in [0, 0.05) is 13.5 Å². The fraction of sp³-hybridized carbons (Fsp3) is 0.833. The summed E-state index contributed by atoms with van der Waals surface area (Å²) >= 11 is 0. The molecule has 1 atom stereocenters. The first-order valence-electron chi connectivity index (χ1n) is 6.28. The van der Waals surface area contributed by atoms with Gasteiger partial charge in [-0.05, 0) is 12.3 Å². The molecule has 18 heavy (non-hydrogen) atoms. The molecule has 0 aliphatic carbocycles. The fourth-order valence-electron chi connectivity index (χ4n) is 1.54. The minimum Gasteiger partial charge on any atom is -0.382 e. The minimum absolute atomic E-state index is 0.180. The zero-order valence-corrected chi connectivity index (χ0v) is 11.4. The van der Waals surface area contributed by atoms with Crippen molar-refractivity contribution < 1.29 is 14.0 Å². The van der Waals surface area contributed by atoms with E-state index in [1.54, 1.807) is 7.11 Å². The second-order valence-corrected chi connectivity index (χ2v) is 4.64. The molecule has 1 aromatic heterocycles. The monoisotopic (exact) mass is 257 g/mol. The Labute approximate surface area is 108 Å². The number of ether oxygens (including phenoxy) is 2. The summed E-state index contributed by atoms with van der Waals surface area (Å²) < 4.78 is 15.3. The van der Waals surface area contributed by atoms with Crippen LogP contribution in [0.1, 0.15) is 38.0 Å². The summed E-state index contributed by atoms with van der Waals surface area (Å²) in [4.78, 5) is 4.27. The van der Waals surface area contributed by atoms with Gasteiger partial charge in [-0.25, -0.2) is 0 Å². The standard InChI is InChI=1S/C12H23N3O3/c1-9(2)8-10(13)12-14-11(15-18-12)4-5-17-7-6-16-3/h9-10H,4-8,13H2,1-3H3/t10-/m1/s1. The van der Waals surface area contributed by atoms with Crippen molar-refractivity contribution >= 4 is 0 Å². The molecule has 0 aliphatic heterocycles. The van der Waals surface area contributed by atoms with Crippen LogP contribution in [0, 0.1) is 5.92 Å². The summed E-state index contributed by atoms with van der Waals surface area (Å²) in [7, 11) is 1.64. The molecule has 0 bridgehead atoms. The summed E-state index contributed by atoms with van der Waals surface area (Å²) in [5.41, 5.74) is 5.96. The molecule has 0 saturated carbocycles. The molecule has 104 valence electrons. The molecule has 0 fully saturated rings. The second-order valence-electron chi connectivity index (χ2n) is 4.64. The number of nitrogens with two attached hydrogens (primary N) is 1. The van der Waals surface area contributed by atoms with Crippen LogP contribution in [0.3, 0.4) is 0 Å². The van der Waals surface area contributed by atoms with Crippen molar-refractivity contribution in [2.75, 3.05) is 26.9 Å². The maximum absolute atomic E-state index is 5.96. The molecule has 6 heteroatoms. The van der Waals surface area contributed by atoms with E-state index in [-0.39, 0.29) is 6.04 Å². The number of hydrogen-bond donors (Lipinski definition) is 1. The van der Waals surface area contributed by atoms with Crippen LogP contribution in [0.2, 0.25) is 0 Å². The van der Waals surface area contributed by atoms with Crippen molar-refractivity contribution in [3.63, 3.8) is 0 Å². The van der Waals surface area contributed by atoms with E-state index in [1.165, 1.54) is 0 Å². The summed E-state index contributed by atoms with van der Waals surface area (Å²) in [6.07, 6.45) is 1.47. The third-order valence-corrected chi connectivity index (χ3v) is 2.43. The van der Waals surface area contributed by atoms with Crippen molar-refractivity contribution in [2.45, 2.75) is 32.7 Å². The van der Waals surface area contributed by atoms with Crippen molar-refractivity contribution in [1.29, 1.82) is 0 Å². The lowest BCUT2D eigenvalue weighted by atomic mass is 10.0. The van der Waals surface area contributed by atoms with Gasteiger partial charge < -0.3 is 19.7 Å². The predicted octanol–water partition coefficient (Wildman–Crippen LogP) is 1.32. The molecule has 6 nitrogen and oxygen atoms in total. The van der Waals surface area contributed by atoms with Crippen molar-refractivity contribution in [3.05, 3.63) is 11.7 Å². The van der Waals surface area contributed by atoms with Gasteiger partial charge in [0.05, 0.1) is 25.9 Å². The van der Waals surface area contributed by atoms with E-state index >= 15 is 0 Å². The number of nitrogens with zero attached hydrogens (tertiary/aromatic N) is 2. The molecule has 0 saturated heterocycles. The summed E-state index contributed by atoms with van der Waals surface area (Å²) in [5.74, 6) is 1.66. The second kappa shape index (κ2) is 8.18. The van der Waals surface area contributed by atoms with Crippen LogP contribution in [0.5, 0.6) is 0 Å². The first-order chi connectivity index (χ1) is 8.63. The lowest BCUT2D eigenvalue weighted by molar-refractivity contribution is 0.0714. The molecule has 0 spiro atoms. The topological polar surface area (TPSA) is 83.4 Å². The summed E-state index contributed by atoms with van der Waals surface area (Å²) in [6, 6.07) is -0.180. The number of aromatic nitrogens is 2. The first kappa shape index (κ1) is 15.1. The molecule has 1 rings (SSSR count). The Morgan fingerprint density at radius 3 is 2.72 bits per heavy atom. The highest BCUT2D eigenvalue weighted by atomic mass is 16.5. The predicted molar refractivity (Wildman–Crippen MR) is 67.1 cm³/mol. The van der Waals surface area contributed by atoms with Gasteiger partial charge in [-0.3, -0.25) is 0 Å². The van der Waals surface area contributed by atoms with Crippen LogP contribution in [0.25, 0.3) is 0 Å². The molecule has 2 N–H and O–H groups in total. The Balaban J connectivity index is 2.29. The Hall–Kier alpha value is -0.980. The van der Waals surface area contributed by atoms with Gasteiger partial charge in [-0.2, -0.15) is 4.98 Å². The molecule has 0 aliphatic rings. The zero-order chi connectivity index (χ0) is 13.4. The van der Waals surface area contributed by atoms with Crippen LogP contribution < -0.4 is 5.73 Å². The third kappa shape index (κ3) is 5.57. The average Bonchev–Trinajstić information content (AvgIpc) is 2.77. The Morgan fingerprint density at radius 1 is 1.28 bits per heavy atom. The third-order valence-electron chi connectivity index (χ3n) is 2.43.